The van der Waals surface area contributed by atoms with E-state index in [0.717, 1.165) is 6.42 Å². The number of unbranched alkanes of at least 4 members (excludes halogenated alkanes) is 1. The second-order valence-electron chi connectivity index (χ2n) is 6.64. The molecule has 0 fully saturated rings. The molecule has 3 rings (SSSR count). The van der Waals surface area contributed by atoms with Crippen molar-refractivity contribution in [3.05, 3.63) is 63.7 Å². The highest BCUT2D eigenvalue weighted by molar-refractivity contribution is 5.82. The molecule has 0 saturated heterocycles. The largest absolute Gasteiger partial charge is 0.0654 e. The lowest BCUT2D eigenvalue weighted by atomic mass is 9.90. The molecule has 0 bridgehead atoms. The van der Waals surface area contributed by atoms with Crippen molar-refractivity contribution in [2.75, 3.05) is 0 Å². The Balaban J connectivity index is 2.06. The summed E-state index contributed by atoms with van der Waals surface area (Å²) >= 11 is 0. The zero-order valence-corrected chi connectivity index (χ0v) is 14.3. The van der Waals surface area contributed by atoms with E-state index in [1.807, 2.05) is 0 Å². The molecule has 0 amide bonds. The van der Waals surface area contributed by atoms with Gasteiger partial charge in [-0.3, -0.25) is 0 Å². The van der Waals surface area contributed by atoms with Crippen LogP contribution in [0, 0.1) is 20.8 Å². The van der Waals surface area contributed by atoms with Crippen LogP contribution in [0.1, 0.15) is 54.0 Å². The second-order valence-corrected chi connectivity index (χ2v) is 6.64. The minimum atomic E-state index is 1.15. The molecule has 2 aromatic rings. The summed E-state index contributed by atoms with van der Waals surface area (Å²) in [5.41, 5.74) is 11.6. The first-order valence-corrected chi connectivity index (χ1v) is 8.50. The smallest absolute Gasteiger partial charge is 0.00576 e. The Morgan fingerprint density at radius 3 is 2.50 bits per heavy atom. The van der Waals surface area contributed by atoms with Gasteiger partial charge in [0.2, 0.25) is 0 Å². The summed E-state index contributed by atoms with van der Waals surface area (Å²) < 4.78 is 0. The van der Waals surface area contributed by atoms with E-state index in [0.29, 0.717) is 0 Å². The van der Waals surface area contributed by atoms with Gasteiger partial charge in [-0.2, -0.15) is 0 Å². The van der Waals surface area contributed by atoms with Crippen LogP contribution in [-0.4, -0.2) is 0 Å². The Morgan fingerprint density at radius 2 is 1.73 bits per heavy atom. The number of allylic oxidation sites excluding steroid dienone is 1. The maximum atomic E-state index is 2.45. The molecule has 1 aliphatic rings. The van der Waals surface area contributed by atoms with Gasteiger partial charge in [-0.25, -0.2) is 0 Å². The molecular formula is C22H26. The van der Waals surface area contributed by atoms with Crippen LogP contribution in [0.25, 0.3) is 17.2 Å². The van der Waals surface area contributed by atoms with Crippen molar-refractivity contribution >= 4 is 6.08 Å². The second kappa shape index (κ2) is 6.12. The monoisotopic (exact) mass is 290 g/mol. The van der Waals surface area contributed by atoms with Crippen LogP contribution in [0.5, 0.6) is 0 Å². The van der Waals surface area contributed by atoms with E-state index in [9.17, 15) is 0 Å². The molecule has 114 valence electrons. The standard InChI is InChI=1S/C22H26/c1-5-6-8-18-13-19-9-7-10-21(22(19)14-18)20-12-11-15(2)16(3)17(20)4/h7,9-12,14H,5-6,8,13H2,1-4H3. The van der Waals surface area contributed by atoms with Crippen LogP contribution < -0.4 is 0 Å². The highest BCUT2D eigenvalue weighted by atomic mass is 14.2. The van der Waals surface area contributed by atoms with Crippen LogP contribution in [0.15, 0.2) is 35.9 Å². The Hall–Kier alpha value is -1.82. The Bertz CT molecular complexity index is 732. The minimum absolute atomic E-state index is 1.15. The van der Waals surface area contributed by atoms with E-state index in [2.05, 4.69) is 64.1 Å². The zero-order chi connectivity index (χ0) is 15.7. The van der Waals surface area contributed by atoms with Crippen LogP contribution in [0.3, 0.4) is 0 Å². The quantitative estimate of drug-likeness (QED) is 0.610. The summed E-state index contributed by atoms with van der Waals surface area (Å²) in [7, 11) is 0. The first kappa shape index (κ1) is 15.1. The summed E-state index contributed by atoms with van der Waals surface area (Å²) in [6, 6.07) is 11.4. The first-order chi connectivity index (χ1) is 10.6. The molecule has 0 aromatic heterocycles. The molecule has 0 unspecified atom stereocenters. The molecule has 0 radical (unpaired) electrons. The average Bonchev–Trinajstić information content (AvgIpc) is 2.94. The topological polar surface area (TPSA) is 0 Å². The summed E-state index contributed by atoms with van der Waals surface area (Å²) in [5.74, 6) is 0. The number of benzene rings is 2. The molecule has 0 saturated carbocycles. The maximum absolute atomic E-state index is 2.45. The van der Waals surface area contributed by atoms with Gasteiger partial charge < -0.3 is 0 Å². The van der Waals surface area contributed by atoms with Crippen LogP contribution in [0.4, 0.5) is 0 Å². The highest BCUT2D eigenvalue weighted by Crippen LogP contribution is 2.37. The average molecular weight is 290 g/mol. The summed E-state index contributed by atoms with van der Waals surface area (Å²) in [4.78, 5) is 0. The van der Waals surface area contributed by atoms with Gasteiger partial charge >= 0.3 is 0 Å². The van der Waals surface area contributed by atoms with Gasteiger partial charge in [-0.1, -0.05) is 55.3 Å². The van der Waals surface area contributed by atoms with Gasteiger partial charge in [0, 0.05) is 0 Å². The van der Waals surface area contributed by atoms with Crippen LogP contribution >= 0.6 is 0 Å². The fourth-order valence-electron chi connectivity index (χ4n) is 3.48. The molecule has 0 N–H and O–H groups in total. The van der Waals surface area contributed by atoms with Crippen molar-refractivity contribution < 1.29 is 0 Å². The van der Waals surface area contributed by atoms with E-state index >= 15 is 0 Å². The van der Waals surface area contributed by atoms with Crippen molar-refractivity contribution in [1.82, 2.24) is 0 Å². The fraction of sp³-hybridized carbons (Fsp3) is 0.364. The van der Waals surface area contributed by atoms with Crippen molar-refractivity contribution in [1.29, 1.82) is 0 Å². The molecule has 0 heterocycles. The third-order valence-electron chi connectivity index (χ3n) is 5.16. The predicted octanol–water partition coefficient (Wildman–Crippen LogP) is 6.41. The Morgan fingerprint density at radius 1 is 0.909 bits per heavy atom. The SMILES string of the molecule is CCCCC1=Cc2c(cccc2-c2ccc(C)c(C)c2C)C1. The fourth-order valence-corrected chi connectivity index (χ4v) is 3.48. The van der Waals surface area contributed by atoms with Crippen molar-refractivity contribution in [3.8, 4) is 11.1 Å². The van der Waals surface area contributed by atoms with E-state index in [1.54, 1.807) is 5.57 Å². The molecule has 0 spiro atoms. The zero-order valence-electron chi connectivity index (χ0n) is 14.3. The minimum Gasteiger partial charge on any atom is -0.0654 e. The molecule has 0 atom stereocenters. The number of hydrogen-bond acceptors (Lipinski definition) is 0. The van der Waals surface area contributed by atoms with E-state index in [1.165, 1.54) is 58.2 Å². The third kappa shape index (κ3) is 2.63. The van der Waals surface area contributed by atoms with Gasteiger partial charge in [-0.05, 0) is 79.0 Å². The van der Waals surface area contributed by atoms with Crippen LogP contribution in [-0.2, 0) is 6.42 Å². The summed E-state index contributed by atoms with van der Waals surface area (Å²) in [6.45, 7) is 8.96. The molecular weight excluding hydrogens is 264 g/mol. The van der Waals surface area contributed by atoms with E-state index in [-0.39, 0.29) is 0 Å². The molecule has 2 aromatic carbocycles. The molecule has 1 aliphatic carbocycles. The maximum Gasteiger partial charge on any atom is -0.00576 e. The summed E-state index contributed by atoms with van der Waals surface area (Å²) in [5, 5.41) is 0. The van der Waals surface area contributed by atoms with Gasteiger partial charge in [-0.15, -0.1) is 0 Å². The van der Waals surface area contributed by atoms with Gasteiger partial charge in [0.05, 0.1) is 0 Å². The van der Waals surface area contributed by atoms with Crippen molar-refractivity contribution in [3.63, 3.8) is 0 Å². The van der Waals surface area contributed by atoms with Crippen LogP contribution in [0.2, 0.25) is 0 Å². The lowest BCUT2D eigenvalue weighted by Crippen LogP contribution is -1.93. The van der Waals surface area contributed by atoms with Gasteiger partial charge in [0.15, 0.2) is 0 Å². The van der Waals surface area contributed by atoms with E-state index in [4.69, 9.17) is 0 Å². The number of rotatable bonds is 4. The van der Waals surface area contributed by atoms with Crippen molar-refractivity contribution in [2.24, 2.45) is 0 Å². The first-order valence-electron chi connectivity index (χ1n) is 8.50. The van der Waals surface area contributed by atoms with Gasteiger partial charge in [0.25, 0.3) is 0 Å². The lowest BCUT2D eigenvalue weighted by molar-refractivity contribution is 0.779. The number of aryl methyl sites for hydroxylation is 1. The molecule has 0 heteroatoms. The highest BCUT2D eigenvalue weighted by Gasteiger charge is 2.17. The number of hydrogen-bond donors (Lipinski definition) is 0. The predicted molar refractivity (Wildman–Crippen MR) is 97.3 cm³/mol. The third-order valence-corrected chi connectivity index (χ3v) is 5.16. The lowest BCUT2D eigenvalue weighted by Gasteiger charge is -2.14. The molecule has 22 heavy (non-hydrogen) atoms. The number of fused-ring (bicyclic) bond motifs is 1. The molecule has 0 aliphatic heterocycles. The summed E-state index contributed by atoms with van der Waals surface area (Å²) in [6.07, 6.45) is 7.42. The molecule has 0 nitrogen and oxygen atoms in total. The normalized spacial score (nSPS) is 13.2. The Labute approximate surface area is 134 Å². The van der Waals surface area contributed by atoms with E-state index < -0.39 is 0 Å². The van der Waals surface area contributed by atoms with Crippen molar-refractivity contribution in [2.45, 2.75) is 53.4 Å². The van der Waals surface area contributed by atoms with Gasteiger partial charge in [0.1, 0.15) is 0 Å². The Kier molecular flexibility index (Phi) is 4.20.